The van der Waals surface area contributed by atoms with Gasteiger partial charge in [-0.2, -0.15) is 69.5 Å². The van der Waals surface area contributed by atoms with Gasteiger partial charge in [0.2, 0.25) is 0 Å². The van der Waals surface area contributed by atoms with E-state index in [0.29, 0.717) is 0 Å². The average Bonchev–Trinajstić information content (AvgIpc) is 2.64. The SMILES string of the molecule is FC(F)(F)COP1(F)=NP(F)(F)=NP(F)(OCC(F)(F)F)=NP(F)(OCC(F)(F)F)=NP(F)(OCC(F)(F)F)=N1. The maximum Gasteiger partial charge on any atom is 0.425 e. The second kappa shape index (κ2) is 12.4. The molecule has 0 aliphatic carbocycles. The summed E-state index contributed by atoms with van der Waals surface area (Å²) in [5.41, 5.74) is 0. The van der Waals surface area contributed by atoms with E-state index in [1.165, 1.54) is 9.03 Å². The molecule has 0 bridgehead atoms. The molecule has 40 heavy (non-hydrogen) atoms. The fourth-order valence-corrected chi connectivity index (χ4v) is 12.2. The molecule has 0 aromatic rings. The van der Waals surface area contributed by atoms with E-state index in [2.05, 4.69) is 18.1 Å². The van der Waals surface area contributed by atoms with Crippen molar-refractivity contribution in [1.29, 1.82) is 0 Å². The van der Waals surface area contributed by atoms with Gasteiger partial charge in [-0.3, -0.25) is 18.1 Å². The van der Waals surface area contributed by atoms with Crippen LogP contribution < -0.4 is 0 Å². The van der Waals surface area contributed by atoms with Crippen LogP contribution in [0.3, 0.4) is 0 Å². The lowest BCUT2D eigenvalue weighted by molar-refractivity contribution is -0.154. The highest BCUT2D eigenvalue weighted by molar-refractivity contribution is 7.78. The normalized spacial score (nSPS) is 32.1. The quantitative estimate of drug-likeness (QED) is 0.183. The zero-order valence-electron chi connectivity index (χ0n) is 17.7. The molecule has 0 aromatic carbocycles. The molecule has 0 N–H and O–H groups in total. The molecule has 4 unspecified atom stereocenters. The Balaban J connectivity index is 4.24. The van der Waals surface area contributed by atoms with Gasteiger partial charge in [0.05, 0.1) is 0 Å². The van der Waals surface area contributed by atoms with Crippen LogP contribution in [0.5, 0.6) is 0 Å². The first kappa shape index (κ1) is 37.8. The predicted octanol–water partition coefficient (Wildman–Crippen LogP) is 11.9. The minimum absolute atomic E-state index is 1.49. The summed E-state index contributed by atoms with van der Waals surface area (Å²) in [6, 6.07) is 0. The number of hydrogen-bond donors (Lipinski definition) is 0. The smallest absolute Gasteiger partial charge is 0.294 e. The summed E-state index contributed by atoms with van der Waals surface area (Å²) in [5.74, 6) is 0. The second-order valence-corrected chi connectivity index (χ2v) is 15.7. The van der Waals surface area contributed by atoms with Crippen LogP contribution in [0.25, 0.3) is 0 Å². The van der Waals surface area contributed by atoms with Crippen LogP contribution in [0.15, 0.2) is 22.6 Å². The molecule has 0 amide bonds. The van der Waals surface area contributed by atoms with Crippen molar-refractivity contribution < 1.29 is 96.0 Å². The molecule has 32 heteroatoms. The monoisotopic (exact) mass is 735 g/mol. The number of nitrogens with zero attached hydrogens (tertiary/aromatic N) is 5. The summed E-state index contributed by atoms with van der Waals surface area (Å²) in [7, 11) is -36.4. The Bertz CT molecular complexity index is 1160. The molecule has 0 aromatic heterocycles. The van der Waals surface area contributed by atoms with Gasteiger partial charge in [0.1, 0.15) is 0 Å². The number of rotatable bonds is 8. The van der Waals surface area contributed by atoms with E-state index in [0.717, 1.165) is 0 Å². The first-order chi connectivity index (χ1) is 17.4. The Kier molecular flexibility index (Phi) is 11.7. The van der Waals surface area contributed by atoms with Gasteiger partial charge in [-0.05, 0) is 0 Å². The zero-order valence-corrected chi connectivity index (χ0v) is 22.2. The third kappa shape index (κ3) is 15.3. The van der Waals surface area contributed by atoms with Crippen molar-refractivity contribution in [2.75, 3.05) is 26.4 Å². The predicted molar refractivity (Wildman–Crippen MR) is 101 cm³/mol. The van der Waals surface area contributed by atoms with Crippen molar-refractivity contribution in [3.63, 3.8) is 0 Å². The maximum atomic E-state index is 15.2. The van der Waals surface area contributed by atoms with E-state index >= 15 is 8.39 Å². The number of halogens is 18. The highest BCUT2D eigenvalue weighted by Gasteiger charge is 2.46. The van der Waals surface area contributed by atoms with E-state index in [-0.39, 0.29) is 0 Å². The molecule has 9 nitrogen and oxygen atoms in total. The molecule has 1 aliphatic heterocycles. The van der Waals surface area contributed by atoms with Gasteiger partial charge in [-0.15, -0.1) is 31.0 Å². The Labute approximate surface area is 209 Å². The molecule has 240 valence electrons. The Morgan fingerprint density at radius 3 is 0.775 bits per heavy atom. The fraction of sp³-hybridized carbons (Fsp3) is 1.00. The lowest BCUT2D eigenvalue weighted by Crippen LogP contribution is -2.16. The van der Waals surface area contributed by atoms with Crippen molar-refractivity contribution in [2.24, 2.45) is 22.6 Å². The van der Waals surface area contributed by atoms with Crippen molar-refractivity contribution >= 4 is 38.8 Å². The van der Waals surface area contributed by atoms with Crippen LogP contribution in [0.2, 0.25) is 0 Å². The molecule has 0 radical (unpaired) electrons. The Hall–Kier alpha value is -0.270. The standard InChI is InChI=1S/C8H8F18N5O4P5/c9-5(10,11)1-32-37(23)27-36(21,22)28-38(24,33-2-6(12,13)14)30-40(26,35-4-8(18,19)20)31-39(25,29-37)34-3-7(15,16)17/h1-4H2. The van der Waals surface area contributed by atoms with E-state index < -0.39 is 89.9 Å². The van der Waals surface area contributed by atoms with Crippen molar-refractivity contribution in [3.05, 3.63) is 0 Å². The molecular weight excluding hydrogens is 727 g/mol. The van der Waals surface area contributed by atoms with Crippen LogP contribution in [0.1, 0.15) is 0 Å². The van der Waals surface area contributed by atoms with E-state index in [4.69, 9.17) is 0 Å². The maximum absolute atomic E-state index is 15.2. The minimum Gasteiger partial charge on any atom is -0.294 e. The summed E-state index contributed by atoms with van der Waals surface area (Å²) in [4.78, 5) is 0. The van der Waals surface area contributed by atoms with Crippen LogP contribution in [-0.4, -0.2) is 51.1 Å². The first-order valence-electron chi connectivity index (χ1n) is 8.58. The van der Waals surface area contributed by atoms with Crippen LogP contribution in [0.4, 0.5) is 77.9 Å². The molecule has 1 aliphatic rings. The van der Waals surface area contributed by atoms with Crippen LogP contribution in [-0.2, 0) is 18.1 Å². The largest absolute Gasteiger partial charge is 0.425 e. The lowest BCUT2D eigenvalue weighted by Gasteiger charge is -2.22. The van der Waals surface area contributed by atoms with Crippen LogP contribution >= 0.6 is 38.8 Å². The third-order valence-electron chi connectivity index (χ3n) is 2.67. The molecule has 0 fully saturated rings. The molecule has 4 atom stereocenters. The average molecular weight is 735 g/mol. The van der Waals surface area contributed by atoms with Gasteiger partial charge < -0.3 is 0 Å². The van der Waals surface area contributed by atoms with Gasteiger partial charge in [0.15, 0.2) is 26.4 Å². The topological polar surface area (TPSA) is 98.7 Å². The highest BCUT2D eigenvalue weighted by atomic mass is 31.3. The van der Waals surface area contributed by atoms with Crippen molar-refractivity contribution in [3.8, 4) is 0 Å². The molecule has 1 heterocycles. The summed E-state index contributed by atoms with van der Waals surface area (Å²) in [5, 5.41) is 0. The van der Waals surface area contributed by atoms with Crippen molar-refractivity contribution in [2.45, 2.75) is 24.7 Å². The summed E-state index contributed by atoms with van der Waals surface area (Å²) in [6.07, 6.45) is -23.0. The lowest BCUT2D eigenvalue weighted by atomic mass is 10.7. The minimum atomic E-state index is -7.55. The molecule has 0 spiro atoms. The Morgan fingerprint density at radius 2 is 0.550 bits per heavy atom. The van der Waals surface area contributed by atoms with Crippen LogP contribution in [0, 0.1) is 0 Å². The van der Waals surface area contributed by atoms with Gasteiger partial charge in [-0.25, -0.2) is 0 Å². The summed E-state index contributed by atoms with van der Waals surface area (Å²) < 4.78 is 260. The second-order valence-electron chi connectivity index (χ2n) is 6.35. The van der Waals surface area contributed by atoms with Gasteiger partial charge in [0, 0.05) is 0 Å². The molecule has 0 saturated heterocycles. The molecule has 1 rings (SSSR count). The highest BCUT2D eigenvalue weighted by Crippen LogP contribution is 2.82. The van der Waals surface area contributed by atoms with E-state index in [9.17, 15) is 69.5 Å². The van der Waals surface area contributed by atoms with E-state index in [1.807, 2.05) is 0 Å². The van der Waals surface area contributed by atoms with Crippen molar-refractivity contribution in [1.82, 2.24) is 0 Å². The van der Waals surface area contributed by atoms with Gasteiger partial charge in [-0.1, -0.05) is 0 Å². The number of alkyl halides is 12. The first-order valence-corrected chi connectivity index (χ1v) is 16.1. The van der Waals surface area contributed by atoms with E-state index in [1.54, 1.807) is 13.5 Å². The Morgan fingerprint density at radius 1 is 0.350 bits per heavy atom. The molecular formula is C8H8F18N5O4P5. The van der Waals surface area contributed by atoms with Gasteiger partial charge >= 0.3 is 63.5 Å². The fourth-order valence-electron chi connectivity index (χ4n) is 1.59. The summed E-state index contributed by atoms with van der Waals surface area (Å²) >= 11 is 0. The van der Waals surface area contributed by atoms with Gasteiger partial charge in [0.25, 0.3) is 0 Å². The third-order valence-corrected chi connectivity index (χ3v) is 13.3. The summed E-state index contributed by atoms with van der Waals surface area (Å²) in [6.45, 7) is -12.3. The number of hydrogen-bond acceptors (Lipinski definition) is 9. The zero-order chi connectivity index (χ0) is 31.7. The molecule has 0 saturated carbocycles.